The van der Waals surface area contributed by atoms with Gasteiger partial charge in [0.2, 0.25) is 11.8 Å². The van der Waals surface area contributed by atoms with Gasteiger partial charge >= 0.3 is 5.97 Å². The minimum absolute atomic E-state index is 0.0694. The lowest BCUT2D eigenvalue weighted by atomic mass is 9.83. The van der Waals surface area contributed by atoms with E-state index < -0.39 is 0 Å². The SMILES string of the molecule is COC(=O)CCNC(=O)[C@H]1CC[C@@H](OC)[C@H](NC(=O)CCc2ccnn2C)C1.O=CO. The van der Waals surface area contributed by atoms with Gasteiger partial charge in [0.15, 0.2) is 0 Å². The molecular weight excluding hydrogens is 408 g/mol. The van der Waals surface area contributed by atoms with Crippen molar-refractivity contribution < 1.29 is 33.8 Å². The van der Waals surface area contributed by atoms with E-state index >= 15 is 0 Å². The van der Waals surface area contributed by atoms with E-state index in [0.29, 0.717) is 32.1 Å². The van der Waals surface area contributed by atoms with Crippen molar-refractivity contribution in [3.8, 4) is 0 Å². The van der Waals surface area contributed by atoms with Gasteiger partial charge in [-0.1, -0.05) is 0 Å². The molecule has 1 fully saturated rings. The number of carboxylic acid groups (broad SMARTS) is 1. The van der Waals surface area contributed by atoms with Gasteiger partial charge in [0.1, 0.15) is 0 Å². The summed E-state index contributed by atoms with van der Waals surface area (Å²) in [5, 5.41) is 16.8. The van der Waals surface area contributed by atoms with Crippen LogP contribution in [-0.4, -0.2) is 72.1 Å². The fraction of sp³-hybridized carbons (Fsp3) is 0.650. The average molecular weight is 440 g/mol. The topological polar surface area (TPSA) is 149 Å². The van der Waals surface area contributed by atoms with Crippen LogP contribution >= 0.6 is 0 Å². The molecule has 0 aromatic carbocycles. The van der Waals surface area contributed by atoms with Crippen molar-refractivity contribution in [2.45, 2.75) is 50.7 Å². The van der Waals surface area contributed by atoms with Crippen LogP contribution in [0.25, 0.3) is 0 Å². The summed E-state index contributed by atoms with van der Waals surface area (Å²) in [4.78, 5) is 44.3. The molecule has 11 heteroatoms. The molecule has 0 bridgehead atoms. The zero-order valence-electron chi connectivity index (χ0n) is 18.2. The third-order valence-corrected chi connectivity index (χ3v) is 5.19. The number of aryl methyl sites for hydroxylation is 2. The van der Waals surface area contributed by atoms with Crippen LogP contribution in [-0.2, 0) is 42.1 Å². The average Bonchev–Trinajstić information content (AvgIpc) is 3.17. The van der Waals surface area contributed by atoms with Crippen LogP contribution in [0.5, 0.6) is 0 Å². The van der Waals surface area contributed by atoms with Gasteiger partial charge in [0.25, 0.3) is 6.47 Å². The maximum Gasteiger partial charge on any atom is 0.307 e. The smallest absolute Gasteiger partial charge is 0.307 e. The van der Waals surface area contributed by atoms with E-state index in [4.69, 9.17) is 14.6 Å². The van der Waals surface area contributed by atoms with Gasteiger partial charge in [0.05, 0.1) is 25.7 Å². The van der Waals surface area contributed by atoms with Gasteiger partial charge in [-0.15, -0.1) is 0 Å². The summed E-state index contributed by atoms with van der Waals surface area (Å²) in [6.07, 6.45) is 4.58. The Balaban J connectivity index is 0.00000151. The largest absolute Gasteiger partial charge is 0.483 e. The molecule has 3 N–H and O–H groups in total. The highest BCUT2D eigenvalue weighted by molar-refractivity contribution is 5.80. The molecule has 0 radical (unpaired) electrons. The van der Waals surface area contributed by atoms with E-state index in [1.165, 1.54) is 7.11 Å². The number of rotatable bonds is 9. The number of amides is 2. The number of hydrogen-bond donors (Lipinski definition) is 3. The van der Waals surface area contributed by atoms with Crippen LogP contribution in [0.3, 0.4) is 0 Å². The molecule has 1 aromatic heterocycles. The molecule has 1 aromatic rings. The molecule has 1 aliphatic carbocycles. The second-order valence-electron chi connectivity index (χ2n) is 7.13. The number of nitrogens with one attached hydrogen (secondary N) is 2. The van der Waals surface area contributed by atoms with Crippen LogP contribution < -0.4 is 10.6 Å². The lowest BCUT2D eigenvalue weighted by molar-refractivity contribution is -0.140. The number of hydrogen-bond acceptors (Lipinski definition) is 7. The summed E-state index contributed by atoms with van der Waals surface area (Å²) in [6.45, 7) is -0.00254. The number of ether oxygens (including phenoxy) is 2. The first-order valence-corrected chi connectivity index (χ1v) is 10.1. The first-order valence-electron chi connectivity index (χ1n) is 10.1. The Kier molecular flexibility index (Phi) is 11.9. The summed E-state index contributed by atoms with van der Waals surface area (Å²) in [6, 6.07) is 1.68. The fourth-order valence-corrected chi connectivity index (χ4v) is 3.52. The number of esters is 1. The van der Waals surface area contributed by atoms with E-state index in [1.54, 1.807) is 18.0 Å². The molecule has 1 heterocycles. The normalized spacial score (nSPS) is 20.0. The third-order valence-electron chi connectivity index (χ3n) is 5.19. The van der Waals surface area contributed by atoms with Gasteiger partial charge in [-0.25, -0.2) is 0 Å². The Bertz CT molecular complexity index is 722. The van der Waals surface area contributed by atoms with Crippen molar-refractivity contribution >= 4 is 24.3 Å². The van der Waals surface area contributed by atoms with Crippen LogP contribution in [0.2, 0.25) is 0 Å². The van der Waals surface area contributed by atoms with E-state index in [2.05, 4.69) is 20.5 Å². The van der Waals surface area contributed by atoms with E-state index in [9.17, 15) is 14.4 Å². The summed E-state index contributed by atoms with van der Waals surface area (Å²) < 4.78 is 11.8. The van der Waals surface area contributed by atoms with Crippen LogP contribution in [0.1, 0.15) is 37.8 Å². The number of nitrogens with zero attached hydrogens (tertiary/aromatic N) is 2. The van der Waals surface area contributed by atoms with Gasteiger partial charge in [0, 0.05) is 44.9 Å². The summed E-state index contributed by atoms with van der Waals surface area (Å²) in [5.74, 6) is -0.749. The lowest BCUT2D eigenvalue weighted by Crippen LogP contribution is -2.50. The molecule has 1 saturated carbocycles. The Morgan fingerprint density at radius 2 is 2.00 bits per heavy atom. The maximum absolute atomic E-state index is 12.4. The first-order chi connectivity index (χ1) is 14.9. The van der Waals surface area contributed by atoms with Gasteiger partial charge < -0.3 is 25.2 Å². The highest BCUT2D eigenvalue weighted by atomic mass is 16.5. The highest BCUT2D eigenvalue weighted by Crippen LogP contribution is 2.27. The van der Waals surface area contributed by atoms with Gasteiger partial charge in [-0.2, -0.15) is 5.10 Å². The van der Waals surface area contributed by atoms with Crippen molar-refractivity contribution in [2.24, 2.45) is 13.0 Å². The molecule has 0 saturated heterocycles. The first kappa shape index (κ1) is 26.1. The quantitative estimate of drug-likeness (QED) is 0.360. The molecule has 3 atom stereocenters. The minimum Gasteiger partial charge on any atom is -0.483 e. The maximum atomic E-state index is 12.4. The third kappa shape index (κ3) is 9.16. The fourth-order valence-electron chi connectivity index (χ4n) is 3.52. The Labute approximate surface area is 181 Å². The molecule has 174 valence electrons. The van der Waals surface area contributed by atoms with E-state index in [1.807, 2.05) is 13.1 Å². The Morgan fingerprint density at radius 3 is 2.58 bits per heavy atom. The van der Waals surface area contributed by atoms with Crippen LogP contribution in [0.4, 0.5) is 0 Å². The van der Waals surface area contributed by atoms with Gasteiger partial charge in [-0.3, -0.25) is 23.9 Å². The molecule has 2 amide bonds. The summed E-state index contributed by atoms with van der Waals surface area (Å²) in [7, 11) is 4.78. The predicted octanol–water partition coefficient (Wildman–Crippen LogP) is 0.0327. The van der Waals surface area contributed by atoms with E-state index in [0.717, 1.165) is 5.69 Å². The van der Waals surface area contributed by atoms with Crippen LogP contribution in [0, 0.1) is 5.92 Å². The Hall–Kier alpha value is -2.95. The zero-order chi connectivity index (χ0) is 23.2. The monoisotopic (exact) mass is 440 g/mol. The van der Waals surface area contributed by atoms with Gasteiger partial charge in [-0.05, 0) is 31.7 Å². The summed E-state index contributed by atoms with van der Waals surface area (Å²) >= 11 is 0. The molecule has 0 spiro atoms. The molecule has 1 aliphatic rings. The highest BCUT2D eigenvalue weighted by Gasteiger charge is 2.34. The number of carbonyl (C=O) groups excluding carboxylic acids is 3. The van der Waals surface area contributed by atoms with E-state index in [-0.39, 0.29) is 55.3 Å². The molecular formula is C20H32N4O7. The summed E-state index contributed by atoms with van der Waals surface area (Å²) in [5.41, 5.74) is 0.991. The van der Waals surface area contributed by atoms with Crippen molar-refractivity contribution in [2.75, 3.05) is 20.8 Å². The second kappa shape index (κ2) is 14.1. The van der Waals surface area contributed by atoms with Crippen molar-refractivity contribution in [1.29, 1.82) is 0 Å². The molecule has 0 aliphatic heterocycles. The minimum atomic E-state index is -0.359. The predicted molar refractivity (Wildman–Crippen MR) is 110 cm³/mol. The molecule has 31 heavy (non-hydrogen) atoms. The van der Waals surface area contributed by atoms with Crippen molar-refractivity contribution in [3.63, 3.8) is 0 Å². The number of methoxy groups -OCH3 is 2. The molecule has 2 rings (SSSR count). The second-order valence-corrected chi connectivity index (χ2v) is 7.13. The number of aromatic nitrogens is 2. The Morgan fingerprint density at radius 1 is 1.29 bits per heavy atom. The molecule has 11 nitrogen and oxygen atoms in total. The zero-order valence-corrected chi connectivity index (χ0v) is 18.2. The van der Waals surface area contributed by atoms with Crippen molar-refractivity contribution in [1.82, 2.24) is 20.4 Å². The lowest BCUT2D eigenvalue weighted by Gasteiger charge is -2.35. The standard InChI is InChI=1S/C19H30N4O5.CH2O2/c1-23-14(8-11-21-23)5-7-17(24)22-15-12-13(4-6-16(15)27-2)19(26)20-10-9-18(25)28-3;2-1-3/h8,11,13,15-16H,4-7,9-10,12H2,1-3H3,(H,20,26)(H,22,24);1H,(H,2,3)/t13-,15+,16+;/m0./s1. The molecule has 0 unspecified atom stereocenters. The number of carbonyl (C=O) groups is 4. The van der Waals surface area contributed by atoms with Crippen molar-refractivity contribution in [3.05, 3.63) is 18.0 Å². The van der Waals surface area contributed by atoms with Crippen LogP contribution in [0.15, 0.2) is 12.3 Å².